The molecule has 0 radical (unpaired) electrons. The molecule has 0 aliphatic carbocycles. The van der Waals surface area contributed by atoms with Crippen LogP contribution in [-0.4, -0.2) is 36.1 Å². The van der Waals surface area contributed by atoms with E-state index in [0.29, 0.717) is 11.6 Å². The Hall–Kier alpha value is -1.43. The molecule has 112 valence electrons. The first kappa shape index (κ1) is 15.9. The summed E-state index contributed by atoms with van der Waals surface area (Å²) in [4.78, 5) is 17.9. The Morgan fingerprint density at radius 2 is 2.19 bits per heavy atom. The van der Waals surface area contributed by atoms with Crippen molar-refractivity contribution in [3.63, 3.8) is 0 Å². The molecule has 1 aromatic carbocycles. The predicted molar refractivity (Wildman–Crippen MR) is 85.5 cm³/mol. The number of aromatic nitrogens is 1. The largest absolute Gasteiger partial charge is 0.468 e. The summed E-state index contributed by atoms with van der Waals surface area (Å²) in [7, 11) is 1.40. The van der Waals surface area contributed by atoms with Gasteiger partial charge in [-0.1, -0.05) is 36.7 Å². The molecule has 0 amide bonds. The summed E-state index contributed by atoms with van der Waals surface area (Å²) in [6.45, 7) is 3.65. The zero-order valence-corrected chi connectivity index (χ0v) is 13.6. The molecule has 0 N–H and O–H groups in total. The van der Waals surface area contributed by atoms with Crippen molar-refractivity contribution in [3.8, 4) is 10.6 Å². The van der Waals surface area contributed by atoms with E-state index in [4.69, 9.17) is 16.3 Å². The van der Waals surface area contributed by atoms with Crippen molar-refractivity contribution in [2.24, 2.45) is 0 Å². The average Bonchev–Trinajstić information content (AvgIpc) is 2.95. The smallest absolute Gasteiger partial charge is 0.319 e. The number of esters is 1. The minimum atomic E-state index is -0.238. The number of hydrogen-bond acceptors (Lipinski definition) is 5. The Balaban J connectivity index is 2.09. The summed E-state index contributed by atoms with van der Waals surface area (Å²) in [6.07, 6.45) is 0. The van der Waals surface area contributed by atoms with E-state index in [9.17, 15) is 4.79 Å². The molecule has 2 aromatic rings. The van der Waals surface area contributed by atoms with Crippen molar-refractivity contribution in [2.75, 3.05) is 20.2 Å². The maximum Gasteiger partial charge on any atom is 0.319 e. The molecule has 0 unspecified atom stereocenters. The maximum atomic E-state index is 11.3. The average molecular weight is 325 g/mol. The Morgan fingerprint density at radius 3 is 2.86 bits per heavy atom. The van der Waals surface area contributed by atoms with Crippen LogP contribution in [-0.2, 0) is 16.1 Å². The second-order valence-corrected chi connectivity index (χ2v) is 5.77. The molecule has 21 heavy (non-hydrogen) atoms. The predicted octanol–water partition coefficient (Wildman–Crippen LogP) is 3.46. The number of rotatable bonds is 6. The van der Waals surface area contributed by atoms with Gasteiger partial charge in [0.2, 0.25) is 0 Å². The van der Waals surface area contributed by atoms with Gasteiger partial charge in [0.15, 0.2) is 0 Å². The van der Waals surface area contributed by atoms with Crippen molar-refractivity contribution in [3.05, 3.63) is 40.4 Å². The van der Waals surface area contributed by atoms with Gasteiger partial charge >= 0.3 is 5.97 Å². The van der Waals surface area contributed by atoms with Gasteiger partial charge in [-0.2, -0.15) is 0 Å². The molecule has 2 rings (SSSR count). The highest BCUT2D eigenvalue weighted by atomic mass is 35.5. The van der Waals surface area contributed by atoms with Gasteiger partial charge in [0.05, 0.1) is 24.4 Å². The molecule has 0 atom stereocenters. The first-order valence-electron chi connectivity index (χ1n) is 6.62. The number of likely N-dealkylation sites (N-methyl/N-ethyl adjacent to an activating group) is 1. The standard InChI is InChI=1S/C15H17ClN2O2S/c1-3-18(9-14(19)20-2)8-11-10-21-15(17-11)12-6-4-5-7-13(12)16/h4-7,10H,3,8-9H2,1-2H3. The lowest BCUT2D eigenvalue weighted by atomic mass is 10.2. The van der Waals surface area contributed by atoms with Crippen LogP contribution in [0, 0.1) is 0 Å². The molecule has 0 bridgehead atoms. The normalized spacial score (nSPS) is 10.9. The minimum Gasteiger partial charge on any atom is -0.468 e. The van der Waals surface area contributed by atoms with Crippen molar-refractivity contribution in [1.29, 1.82) is 0 Å². The lowest BCUT2D eigenvalue weighted by Gasteiger charge is -2.17. The Morgan fingerprint density at radius 1 is 1.43 bits per heavy atom. The molecule has 0 aliphatic rings. The Kier molecular flexibility index (Phi) is 5.73. The molecular weight excluding hydrogens is 308 g/mol. The first-order valence-corrected chi connectivity index (χ1v) is 7.88. The fraction of sp³-hybridized carbons (Fsp3) is 0.333. The van der Waals surface area contributed by atoms with E-state index in [2.05, 4.69) is 4.98 Å². The maximum absolute atomic E-state index is 11.3. The second kappa shape index (κ2) is 7.54. The van der Waals surface area contributed by atoms with Gasteiger partial charge in [0, 0.05) is 17.5 Å². The second-order valence-electron chi connectivity index (χ2n) is 4.50. The van der Waals surface area contributed by atoms with Crippen molar-refractivity contribution < 1.29 is 9.53 Å². The number of carbonyl (C=O) groups is 1. The molecule has 1 heterocycles. The Bertz CT molecular complexity index is 615. The van der Waals surface area contributed by atoms with Gasteiger partial charge in [0.25, 0.3) is 0 Å². The van der Waals surface area contributed by atoms with Crippen LogP contribution in [0.15, 0.2) is 29.6 Å². The molecule has 0 spiro atoms. The first-order chi connectivity index (χ1) is 10.1. The summed E-state index contributed by atoms with van der Waals surface area (Å²) in [6, 6.07) is 7.65. The number of nitrogens with zero attached hydrogens (tertiary/aromatic N) is 2. The van der Waals surface area contributed by atoms with Gasteiger partial charge in [-0.05, 0) is 12.6 Å². The third kappa shape index (κ3) is 4.27. The van der Waals surface area contributed by atoms with Gasteiger partial charge in [0.1, 0.15) is 5.01 Å². The van der Waals surface area contributed by atoms with Crippen molar-refractivity contribution in [2.45, 2.75) is 13.5 Å². The van der Waals surface area contributed by atoms with E-state index in [-0.39, 0.29) is 12.5 Å². The summed E-state index contributed by atoms with van der Waals surface area (Å²) < 4.78 is 4.69. The molecule has 4 nitrogen and oxygen atoms in total. The van der Waals surface area contributed by atoms with Crippen LogP contribution in [0.1, 0.15) is 12.6 Å². The van der Waals surface area contributed by atoms with Crippen molar-refractivity contribution in [1.82, 2.24) is 9.88 Å². The third-order valence-corrected chi connectivity index (χ3v) is 4.32. The molecule has 0 fully saturated rings. The zero-order chi connectivity index (χ0) is 15.2. The van der Waals surface area contributed by atoms with E-state index in [1.54, 1.807) is 11.3 Å². The topological polar surface area (TPSA) is 42.4 Å². The molecule has 6 heteroatoms. The van der Waals surface area contributed by atoms with Crippen LogP contribution in [0.2, 0.25) is 5.02 Å². The number of methoxy groups -OCH3 is 1. The van der Waals surface area contributed by atoms with E-state index >= 15 is 0 Å². The van der Waals surface area contributed by atoms with Crippen LogP contribution in [0.25, 0.3) is 10.6 Å². The highest BCUT2D eigenvalue weighted by Crippen LogP contribution is 2.30. The summed E-state index contributed by atoms with van der Waals surface area (Å²) >= 11 is 7.74. The number of thiazole rings is 1. The van der Waals surface area contributed by atoms with Gasteiger partial charge < -0.3 is 4.74 Å². The van der Waals surface area contributed by atoms with Crippen LogP contribution >= 0.6 is 22.9 Å². The quantitative estimate of drug-likeness (QED) is 0.763. The van der Waals surface area contributed by atoms with E-state index in [1.165, 1.54) is 7.11 Å². The highest BCUT2D eigenvalue weighted by molar-refractivity contribution is 7.13. The van der Waals surface area contributed by atoms with Crippen molar-refractivity contribution >= 4 is 28.9 Å². The molecule has 1 aromatic heterocycles. The third-order valence-electron chi connectivity index (χ3n) is 3.07. The molecular formula is C15H17ClN2O2S. The Labute approximate surface area is 133 Å². The number of halogens is 1. The van der Waals surface area contributed by atoms with E-state index in [1.807, 2.05) is 41.5 Å². The number of carbonyl (C=O) groups excluding carboxylic acids is 1. The van der Waals surface area contributed by atoms with Gasteiger partial charge in [-0.25, -0.2) is 4.98 Å². The summed E-state index contributed by atoms with van der Waals surface area (Å²) in [5.41, 5.74) is 1.87. The van der Waals surface area contributed by atoms with E-state index in [0.717, 1.165) is 22.8 Å². The zero-order valence-electron chi connectivity index (χ0n) is 12.0. The van der Waals surface area contributed by atoms with Crippen LogP contribution < -0.4 is 0 Å². The summed E-state index contributed by atoms with van der Waals surface area (Å²) in [5.74, 6) is -0.238. The van der Waals surface area contributed by atoms with Gasteiger partial charge in [-0.3, -0.25) is 9.69 Å². The number of ether oxygens (including phenoxy) is 1. The minimum absolute atomic E-state index is 0.238. The SMILES string of the molecule is CCN(CC(=O)OC)Cc1csc(-c2ccccc2Cl)n1. The monoisotopic (exact) mass is 324 g/mol. The molecule has 0 aliphatic heterocycles. The highest BCUT2D eigenvalue weighted by Gasteiger charge is 2.13. The molecule has 0 saturated heterocycles. The van der Waals surface area contributed by atoms with Gasteiger partial charge in [-0.15, -0.1) is 11.3 Å². The summed E-state index contributed by atoms with van der Waals surface area (Å²) in [5, 5.41) is 3.59. The lowest BCUT2D eigenvalue weighted by molar-refractivity contribution is -0.142. The van der Waals surface area contributed by atoms with Crippen LogP contribution in [0.3, 0.4) is 0 Å². The number of hydrogen-bond donors (Lipinski definition) is 0. The van der Waals surface area contributed by atoms with Crippen LogP contribution in [0.4, 0.5) is 0 Å². The fourth-order valence-corrected chi connectivity index (χ4v) is 3.02. The van der Waals surface area contributed by atoms with E-state index < -0.39 is 0 Å². The van der Waals surface area contributed by atoms with Crippen LogP contribution in [0.5, 0.6) is 0 Å². The molecule has 0 saturated carbocycles. The fourth-order valence-electron chi connectivity index (χ4n) is 1.89. The lowest BCUT2D eigenvalue weighted by Crippen LogP contribution is -2.30. The number of benzene rings is 1.